The Morgan fingerprint density at radius 1 is 1.27 bits per heavy atom. The maximum absolute atomic E-state index is 5.63. The summed E-state index contributed by atoms with van der Waals surface area (Å²) in [5.74, 6) is 0.660. The van der Waals surface area contributed by atoms with Gasteiger partial charge in [0.2, 0.25) is 0 Å². The fraction of sp³-hybridized carbons (Fsp3) is 0.857. The van der Waals surface area contributed by atoms with Crippen LogP contribution in [0.25, 0.3) is 0 Å². The van der Waals surface area contributed by atoms with Gasteiger partial charge in [-0.15, -0.1) is 0 Å². The number of nitrogens with two attached hydrogens (primary N) is 1. The summed E-state index contributed by atoms with van der Waals surface area (Å²) in [5, 5.41) is 0. The molecule has 4 N–H and O–H groups in total. The van der Waals surface area contributed by atoms with Crippen LogP contribution in [0.5, 0.6) is 0 Å². The molecule has 0 spiro atoms. The fourth-order valence-electron chi connectivity index (χ4n) is 0.810. The molecule has 0 fully saturated rings. The van der Waals surface area contributed by atoms with Crippen molar-refractivity contribution in [2.24, 2.45) is 10.7 Å². The lowest BCUT2D eigenvalue weighted by atomic mass is 10.5. The second-order valence-corrected chi connectivity index (χ2v) is 2.00. The molecule has 4 nitrogen and oxygen atoms in total. The zero-order valence-electron chi connectivity index (χ0n) is 7.59. The molecule has 0 saturated carbocycles. The van der Waals surface area contributed by atoms with E-state index in [0.717, 1.165) is 19.6 Å². The first kappa shape index (κ1) is 12.9. The Balaban J connectivity index is 0. The highest BCUT2D eigenvalue weighted by molar-refractivity contribution is 5.77. The van der Waals surface area contributed by atoms with E-state index in [2.05, 4.69) is 18.8 Å². The van der Waals surface area contributed by atoms with Gasteiger partial charge in [0.1, 0.15) is 0 Å². The molecule has 0 aromatic rings. The molecule has 0 saturated heterocycles. The van der Waals surface area contributed by atoms with Crippen molar-refractivity contribution >= 4 is 5.96 Å². The van der Waals surface area contributed by atoms with E-state index in [4.69, 9.17) is 5.73 Å². The van der Waals surface area contributed by atoms with Gasteiger partial charge in [-0.05, 0) is 20.8 Å². The first-order chi connectivity index (χ1) is 4.76. The Labute approximate surface area is 68.4 Å². The summed E-state index contributed by atoms with van der Waals surface area (Å²) in [6.45, 7) is 8.76. The van der Waals surface area contributed by atoms with Crippen molar-refractivity contribution in [2.75, 3.05) is 19.6 Å². The third-order valence-electron chi connectivity index (χ3n) is 1.41. The predicted octanol–water partition coefficient (Wildman–Crippen LogP) is -0.162. The molecule has 0 aromatic carbocycles. The molecule has 0 aliphatic rings. The molecule has 0 aliphatic carbocycles. The molecule has 0 radical (unpaired) electrons. The summed E-state index contributed by atoms with van der Waals surface area (Å²) in [7, 11) is 0. The van der Waals surface area contributed by atoms with Crippen molar-refractivity contribution in [3.8, 4) is 0 Å². The van der Waals surface area contributed by atoms with Crippen molar-refractivity contribution in [3.63, 3.8) is 0 Å². The van der Waals surface area contributed by atoms with Crippen LogP contribution in [0.3, 0.4) is 0 Å². The Kier molecular flexibility index (Phi) is 8.58. The minimum absolute atomic E-state index is 0. The highest BCUT2D eigenvalue weighted by Gasteiger charge is 1.98. The first-order valence-corrected chi connectivity index (χ1v) is 3.81. The number of nitrogens with zero attached hydrogens (tertiary/aromatic N) is 2. The predicted molar refractivity (Wildman–Crippen MR) is 48.7 cm³/mol. The number of aliphatic imine (C=N–C) groups is 1. The van der Waals surface area contributed by atoms with Crippen LogP contribution in [0.4, 0.5) is 0 Å². The van der Waals surface area contributed by atoms with Gasteiger partial charge in [-0.25, -0.2) is 0 Å². The lowest BCUT2D eigenvalue weighted by molar-refractivity contribution is 0.458. The van der Waals surface area contributed by atoms with E-state index in [1.165, 1.54) is 0 Å². The molecule has 0 bridgehead atoms. The molecule has 0 unspecified atom stereocenters. The number of rotatable bonds is 3. The van der Waals surface area contributed by atoms with Gasteiger partial charge in [-0.1, -0.05) is 0 Å². The van der Waals surface area contributed by atoms with Crippen LogP contribution in [-0.4, -0.2) is 36.0 Å². The van der Waals surface area contributed by atoms with Crippen LogP contribution >= 0.6 is 0 Å². The molecule has 0 atom stereocenters. The maximum Gasteiger partial charge on any atom is 0.191 e. The van der Waals surface area contributed by atoms with E-state index in [1.54, 1.807) is 0 Å². The molecule has 0 aromatic heterocycles. The lowest BCUT2D eigenvalue weighted by Gasteiger charge is -2.18. The van der Waals surface area contributed by atoms with Gasteiger partial charge in [-0.3, -0.25) is 4.99 Å². The molecule has 4 heteroatoms. The van der Waals surface area contributed by atoms with Crippen LogP contribution in [0.2, 0.25) is 0 Å². The Morgan fingerprint density at radius 3 is 2.00 bits per heavy atom. The number of hydrogen-bond donors (Lipinski definition) is 1. The second kappa shape index (κ2) is 7.34. The average molecular weight is 161 g/mol. The number of guanidine groups is 1. The summed E-state index contributed by atoms with van der Waals surface area (Å²) >= 11 is 0. The highest BCUT2D eigenvalue weighted by atomic mass is 16.0. The molecular formula is C7H19N3O. The summed E-state index contributed by atoms with van der Waals surface area (Å²) in [4.78, 5) is 6.12. The van der Waals surface area contributed by atoms with Gasteiger partial charge >= 0.3 is 0 Å². The van der Waals surface area contributed by atoms with E-state index in [9.17, 15) is 0 Å². The van der Waals surface area contributed by atoms with Gasteiger partial charge < -0.3 is 16.1 Å². The van der Waals surface area contributed by atoms with E-state index in [-0.39, 0.29) is 5.48 Å². The zero-order chi connectivity index (χ0) is 7.98. The summed E-state index contributed by atoms with van der Waals surface area (Å²) < 4.78 is 0. The standard InChI is InChI=1S/C7H17N3.H2O/c1-4-9-7(8)10(5-2)6-3;/h4-6H2,1-3H3,(H2,8,9);1H2. The quantitative estimate of drug-likeness (QED) is 0.461. The van der Waals surface area contributed by atoms with Gasteiger partial charge in [0.25, 0.3) is 0 Å². The van der Waals surface area contributed by atoms with Crippen LogP contribution < -0.4 is 5.73 Å². The Bertz CT molecular complexity index is 110. The summed E-state index contributed by atoms with van der Waals surface area (Å²) in [5.41, 5.74) is 5.63. The van der Waals surface area contributed by atoms with E-state index in [0.29, 0.717) is 5.96 Å². The van der Waals surface area contributed by atoms with Gasteiger partial charge in [-0.2, -0.15) is 0 Å². The van der Waals surface area contributed by atoms with Crippen molar-refractivity contribution in [1.29, 1.82) is 0 Å². The van der Waals surface area contributed by atoms with E-state index < -0.39 is 0 Å². The molecule has 0 heterocycles. The largest absolute Gasteiger partial charge is 0.412 e. The van der Waals surface area contributed by atoms with Gasteiger partial charge in [0.15, 0.2) is 5.96 Å². The molecular weight excluding hydrogens is 142 g/mol. The third-order valence-corrected chi connectivity index (χ3v) is 1.41. The fourth-order valence-corrected chi connectivity index (χ4v) is 0.810. The molecule has 0 amide bonds. The monoisotopic (exact) mass is 161 g/mol. The number of hydrogen-bond acceptors (Lipinski definition) is 1. The van der Waals surface area contributed by atoms with Gasteiger partial charge in [0, 0.05) is 19.6 Å². The van der Waals surface area contributed by atoms with E-state index >= 15 is 0 Å². The van der Waals surface area contributed by atoms with Crippen LogP contribution in [0.15, 0.2) is 4.99 Å². The van der Waals surface area contributed by atoms with Crippen molar-refractivity contribution < 1.29 is 5.48 Å². The van der Waals surface area contributed by atoms with Crippen molar-refractivity contribution in [2.45, 2.75) is 20.8 Å². The maximum atomic E-state index is 5.63. The molecule has 0 rings (SSSR count). The second-order valence-electron chi connectivity index (χ2n) is 2.00. The third kappa shape index (κ3) is 4.61. The minimum Gasteiger partial charge on any atom is -0.412 e. The van der Waals surface area contributed by atoms with Crippen LogP contribution in [0, 0.1) is 0 Å². The SMILES string of the molecule is CCN=C(N)N(CC)CC.O. The van der Waals surface area contributed by atoms with Crippen LogP contribution in [-0.2, 0) is 0 Å². The molecule has 0 aliphatic heterocycles. The van der Waals surface area contributed by atoms with E-state index in [1.807, 2.05) is 11.8 Å². The summed E-state index contributed by atoms with van der Waals surface area (Å²) in [6.07, 6.45) is 0. The van der Waals surface area contributed by atoms with Crippen molar-refractivity contribution in [3.05, 3.63) is 0 Å². The zero-order valence-corrected chi connectivity index (χ0v) is 7.59. The van der Waals surface area contributed by atoms with Crippen LogP contribution in [0.1, 0.15) is 20.8 Å². The molecule has 68 valence electrons. The Morgan fingerprint density at radius 2 is 1.73 bits per heavy atom. The lowest BCUT2D eigenvalue weighted by Crippen LogP contribution is -2.37. The minimum atomic E-state index is 0. The smallest absolute Gasteiger partial charge is 0.191 e. The van der Waals surface area contributed by atoms with Crippen molar-refractivity contribution in [1.82, 2.24) is 4.90 Å². The Hall–Kier alpha value is -0.770. The van der Waals surface area contributed by atoms with Gasteiger partial charge in [0.05, 0.1) is 0 Å². The highest BCUT2D eigenvalue weighted by Crippen LogP contribution is 1.85. The molecule has 11 heavy (non-hydrogen) atoms. The average Bonchev–Trinajstić information content (AvgIpc) is 1.91. The summed E-state index contributed by atoms with van der Waals surface area (Å²) in [6, 6.07) is 0. The first-order valence-electron chi connectivity index (χ1n) is 3.81. The normalized spacial score (nSPS) is 10.6. The topological polar surface area (TPSA) is 73.1 Å².